The van der Waals surface area contributed by atoms with E-state index in [1.165, 1.54) is 6.92 Å². The number of hydrogen-bond donors (Lipinski definition) is 2. The maximum absolute atomic E-state index is 10.4. The van der Waals surface area contributed by atoms with E-state index in [2.05, 4.69) is 0 Å². The summed E-state index contributed by atoms with van der Waals surface area (Å²) in [5.74, 6) is -1.07. The zero-order valence-electron chi connectivity index (χ0n) is 8.77. The van der Waals surface area contributed by atoms with Crippen LogP contribution in [0.5, 0.6) is 0 Å². The Labute approximate surface area is 88.3 Å². The van der Waals surface area contributed by atoms with Crippen molar-refractivity contribution in [3.8, 4) is 0 Å². The van der Waals surface area contributed by atoms with Gasteiger partial charge in [-0.2, -0.15) is 0 Å². The van der Waals surface area contributed by atoms with Gasteiger partial charge in [0.2, 0.25) is 0 Å². The Morgan fingerprint density at radius 2 is 2.07 bits per heavy atom. The first-order chi connectivity index (χ1) is 7.04. The molecule has 0 rings (SSSR count). The number of carbonyl (C=O) groups is 2. The monoisotopic (exact) mass is 219 g/mol. The summed E-state index contributed by atoms with van der Waals surface area (Å²) < 4.78 is 9.82. The fourth-order valence-corrected chi connectivity index (χ4v) is 0.832. The van der Waals surface area contributed by atoms with Crippen molar-refractivity contribution in [2.45, 2.75) is 25.8 Å². The number of ketones is 1. The van der Waals surface area contributed by atoms with Crippen molar-refractivity contribution in [1.29, 1.82) is 0 Å². The van der Waals surface area contributed by atoms with Crippen LogP contribution in [0.4, 0.5) is 0 Å². The van der Waals surface area contributed by atoms with Gasteiger partial charge in [-0.05, 0) is 19.8 Å². The standard InChI is InChI=1S/C9H17NO5/c1-7(11)5-15-6-14-4-2-3-8(10)9(12)13/h8H,2-6,10H2,1H3,(H,12,13). The number of aliphatic carboxylic acids is 1. The number of ether oxygens (including phenoxy) is 2. The number of nitrogens with two attached hydrogens (primary N) is 1. The highest BCUT2D eigenvalue weighted by atomic mass is 16.7. The molecule has 0 aliphatic rings. The molecule has 0 bridgehead atoms. The Balaban J connectivity index is 3.18. The summed E-state index contributed by atoms with van der Waals surface area (Å²) >= 11 is 0. The van der Waals surface area contributed by atoms with Crippen LogP contribution in [0.3, 0.4) is 0 Å². The summed E-state index contributed by atoms with van der Waals surface area (Å²) in [6.45, 7) is 1.88. The van der Waals surface area contributed by atoms with Gasteiger partial charge in [-0.25, -0.2) is 0 Å². The van der Waals surface area contributed by atoms with E-state index in [-0.39, 0.29) is 19.2 Å². The molecule has 1 atom stereocenters. The lowest BCUT2D eigenvalue weighted by Crippen LogP contribution is -2.30. The summed E-state index contributed by atoms with van der Waals surface area (Å²) in [6.07, 6.45) is 0.916. The van der Waals surface area contributed by atoms with Gasteiger partial charge >= 0.3 is 5.97 Å². The molecule has 0 aromatic rings. The van der Waals surface area contributed by atoms with Crippen LogP contribution in [0.15, 0.2) is 0 Å². The van der Waals surface area contributed by atoms with E-state index in [1.54, 1.807) is 0 Å². The number of carbonyl (C=O) groups excluding carboxylic acids is 1. The zero-order chi connectivity index (χ0) is 11.7. The molecule has 0 amide bonds. The van der Waals surface area contributed by atoms with Crippen molar-refractivity contribution in [2.24, 2.45) is 5.73 Å². The molecule has 0 aliphatic heterocycles. The number of hydrogen-bond acceptors (Lipinski definition) is 5. The minimum atomic E-state index is -1.01. The van der Waals surface area contributed by atoms with E-state index in [1.807, 2.05) is 0 Å². The molecule has 0 radical (unpaired) electrons. The van der Waals surface area contributed by atoms with Crippen molar-refractivity contribution < 1.29 is 24.2 Å². The SMILES string of the molecule is CC(=O)COCOCCCC(N)C(=O)O. The Bertz CT molecular complexity index is 207. The number of carboxylic acid groups (broad SMARTS) is 1. The first-order valence-electron chi connectivity index (χ1n) is 4.67. The average molecular weight is 219 g/mol. The van der Waals surface area contributed by atoms with Gasteiger partial charge in [-0.3, -0.25) is 9.59 Å². The van der Waals surface area contributed by atoms with E-state index in [9.17, 15) is 9.59 Å². The molecule has 0 spiro atoms. The minimum absolute atomic E-state index is 0.0363. The van der Waals surface area contributed by atoms with E-state index in [0.717, 1.165) is 0 Å². The molecule has 0 fully saturated rings. The maximum Gasteiger partial charge on any atom is 0.320 e. The summed E-state index contributed by atoms with van der Waals surface area (Å²) in [5.41, 5.74) is 5.27. The summed E-state index contributed by atoms with van der Waals surface area (Å²) in [7, 11) is 0. The zero-order valence-corrected chi connectivity index (χ0v) is 8.77. The summed E-state index contributed by atoms with van der Waals surface area (Å²) in [4.78, 5) is 20.7. The van der Waals surface area contributed by atoms with E-state index in [0.29, 0.717) is 19.4 Å². The van der Waals surface area contributed by atoms with Gasteiger partial charge in [0.25, 0.3) is 0 Å². The lowest BCUT2D eigenvalue weighted by atomic mass is 10.2. The van der Waals surface area contributed by atoms with Gasteiger partial charge in [0, 0.05) is 6.61 Å². The molecule has 1 unspecified atom stereocenters. The van der Waals surface area contributed by atoms with Crippen LogP contribution < -0.4 is 5.73 Å². The van der Waals surface area contributed by atoms with Crippen molar-refractivity contribution >= 4 is 11.8 Å². The van der Waals surface area contributed by atoms with Gasteiger partial charge in [-0.15, -0.1) is 0 Å². The fraction of sp³-hybridized carbons (Fsp3) is 0.778. The van der Waals surface area contributed by atoms with Gasteiger partial charge in [-0.1, -0.05) is 0 Å². The second-order valence-corrected chi connectivity index (χ2v) is 3.16. The van der Waals surface area contributed by atoms with Gasteiger partial charge in [0.15, 0.2) is 5.78 Å². The van der Waals surface area contributed by atoms with Crippen LogP contribution in [0, 0.1) is 0 Å². The van der Waals surface area contributed by atoms with E-state index >= 15 is 0 Å². The predicted octanol–water partition coefficient (Wildman–Crippen LogP) is -0.242. The van der Waals surface area contributed by atoms with Crippen LogP contribution in [-0.2, 0) is 19.1 Å². The molecule has 0 aromatic heterocycles. The Morgan fingerprint density at radius 3 is 2.60 bits per heavy atom. The quantitative estimate of drug-likeness (QED) is 0.410. The number of carboxylic acids is 1. The van der Waals surface area contributed by atoms with Crippen molar-refractivity contribution in [3.63, 3.8) is 0 Å². The highest BCUT2D eigenvalue weighted by molar-refractivity contribution is 5.76. The first kappa shape index (κ1) is 14.0. The van der Waals surface area contributed by atoms with Crippen molar-refractivity contribution in [1.82, 2.24) is 0 Å². The third-order valence-electron chi connectivity index (χ3n) is 1.59. The third kappa shape index (κ3) is 9.33. The number of Topliss-reactive ketones (excluding diaryl/α,β-unsaturated/α-hetero) is 1. The molecule has 0 aromatic carbocycles. The topological polar surface area (TPSA) is 98.9 Å². The molecule has 6 heteroatoms. The normalized spacial score (nSPS) is 12.4. The molecule has 6 nitrogen and oxygen atoms in total. The van der Waals surface area contributed by atoms with Crippen molar-refractivity contribution in [2.75, 3.05) is 20.0 Å². The largest absolute Gasteiger partial charge is 0.480 e. The Hall–Kier alpha value is -0.980. The molecule has 0 saturated carbocycles. The second kappa shape index (κ2) is 8.34. The summed E-state index contributed by atoms with van der Waals surface area (Å²) in [5, 5.41) is 8.46. The Morgan fingerprint density at radius 1 is 1.40 bits per heavy atom. The lowest BCUT2D eigenvalue weighted by Gasteiger charge is -2.06. The maximum atomic E-state index is 10.4. The molecular weight excluding hydrogens is 202 g/mol. The van der Waals surface area contributed by atoms with Crippen LogP contribution in [0.1, 0.15) is 19.8 Å². The van der Waals surface area contributed by atoms with Gasteiger partial charge < -0.3 is 20.3 Å². The number of rotatable bonds is 9. The van der Waals surface area contributed by atoms with Crippen LogP contribution >= 0.6 is 0 Å². The van der Waals surface area contributed by atoms with E-state index in [4.69, 9.17) is 20.3 Å². The second-order valence-electron chi connectivity index (χ2n) is 3.16. The fourth-order valence-electron chi connectivity index (χ4n) is 0.832. The van der Waals surface area contributed by atoms with Gasteiger partial charge in [0.1, 0.15) is 19.4 Å². The predicted molar refractivity (Wildman–Crippen MR) is 52.3 cm³/mol. The molecule has 0 saturated heterocycles. The van der Waals surface area contributed by atoms with E-state index < -0.39 is 12.0 Å². The first-order valence-corrected chi connectivity index (χ1v) is 4.67. The molecule has 3 N–H and O–H groups in total. The van der Waals surface area contributed by atoms with Crippen LogP contribution in [-0.4, -0.2) is 42.9 Å². The van der Waals surface area contributed by atoms with Crippen molar-refractivity contribution in [3.05, 3.63) is 0 Å². The molecular formula is C9H17NO5. The smallest absolute Gasteiger partial charge is 0.320 e. The van der Waals surface area contributed by atoms with Crippen LogP contribution in [0.2, 0.25) is 0 Å². The summed E-state index contributed by atoms with van der Waals surface area (Å²) in [6, 6.07) is -0.841. The molecule has 15 heavy (non-hydrogen) atoms. The third-order valence-corrected chi connectivity index (χ3v) is 1.59. The highest BCUT2D eigenvalue weighted by Gasteiger charge is 2.09. The van der Waals surface area contributed by atoms with Gasteiger partial charge in [0.05, 0.1) is 0 Å². The molecule has 0 heterocycles. The molecule has 0 aliphatic carbocycles. The Kier molecular flexibility index (Phi) is 7.79. The average Bonchev–Trinajstić information content (AvgIpc) is 2.15. The van der Waals surface area contributed by atoms with Crippen LogP contribution in [0.25, 0.3) is 0 Å². The lowest BCUT2D eigenvalue weighted by molar-refractivity contribution is -0.139. The highest BCUT2D eigenvalue weighted by Crippen LogP contribution is 1.95. The molecule has 88 valence electrons. The minimum Gasteiger partial charge on any atom is -0.480 e.